The van der Waals surface area contributed by atoms with Crippen LogP contribution in [0.15, 0.2) is 0 Å². The summed E-state index contributed by atoms with van der Waals surface area (Å²) >= 11 is 0. The van der Waals surface area contributed by atoms with Crippen molar-refractivity contribution < 1.29 is 14.3 Å². The van der Waals surface area contributed by atoms with Crippen molar-refractivity contribution >= 4 is 11.8 Å². The Morgan fingerprint density at radius 3 is 1.73 bits per heavy atom. The van der Waals surface area contributed by atoms with E-state index in [1.807, 2.05) is 0 Å². The van der Waals surface area contributed by atoms with Crippen molar-refractivity contribution in [2.24, 2.45) is 0 Å². The maximum atomic E-state index is 10.3. The van der Waals surface area contributed by atoms with Crippen LogP contribution in [0.5, 0.6) is 0 Å². The predicted octanol–water partition coefficient (Wildman–Crippen LogP) is 3.12. The molecule has 0 saturated heterocycles. The minimum Gasteiger partial charge on any atom is -0.469 e. The van der Waals surface area contributed by atoms with E-state index in [4.69, 9.17) is 0 Å². The van der Waals surface area contributed by atoms with Gasteiger partial charge in [-0.3, -0.25) is 4.79 Å². The number of carbonyl (C=O) groups is 2. The molecule has 0 aliphatic carbocycles. The van der Waals surface area contributed by atoms with Crippen LogP contribution in [0, 0.1) is 0 Å². The van der Waals surface area contributed by atoms with Gasteiger partial charge in [0.1, 0.15) is 5.78 Å². The number of methoxy groups -OCH3 is 1. The fourth-order valence-corrected chi connectivity index (χ4v) is 0.880. The molecule has 3 heteroatoms. The van der Waals surface area contributed by atoms with E-state index in [-0.39, 0.29) is 24.6 Å². The average molecular weight is 216 g/mol. The van der Waals surface area contributed by atoms with E-state index < -0.39 is 0 Å². The third kappa shape index (κ3) is 19.5. The molecule has 0 spiro atoms. The molecule has 0 aromatic rings. The van der Waals surface area contributed by atoms with E-state index in [1.54, 1.807) is 0 Å². The normalized spacial score (nSPS) is 8.80. The second kappa shape index (κ2) is 13.1. The summed E-state index contributed by atoms with van der Waals surface area (Å²) in [5.41, 5.74) is 0. The van der Waals surface area contributed by atoms with Gasteiger partial charge in [-0.25, -0.2) is 0 Å². The first-order chi connectivity index (χ1) is 7.08. The summed E-state index contributed by atoms with van der Waals surface area (Å²) in [5, 5.41) is 0. The molecule has 0 aromatic carbocycles. The average Bonchev–Trinajstić information content (AvgIpc) is 2.23. The van der Waals surface area contributed by atoms with Crippen LogP contribution in [-0.4, -0.2) is 18.9 Å². The summed E-state index contributed by atoms with van der Waals surface area (Å²) in [7, 11) is 1.31. The molecule has 0 aromatic heterocycles. The largest absolute Gasteiger partial charge is 0.469 e. The van der Waals surface area contributed by atoms with Crippen LogP contribution in [0.4, 0.5) is 0 Å². The number of hydrogen-bond donors (Lipinski definition) is 0. The lowest BCUT2D eigenvalue weighted by Gasteiger charge is -1.93. The van der Waals surface area contributed by atoms with Crippen molar-refractivity contribution in [1.82, 2.24) is 0 Å². The van der Waals surface area contributed by atoms with Crippen molar-refractivity contribution in [3.05, 3.63) is 0 Å². The van der Waals surface area contributed by atoms with Crippen LogP contribution < -0.4 is 0 Å². The molecule has 3 nitrogen and oxygen atoms in total. The summed E-state index contributed by atoms with van der Waals surface area (Å²) in [4.78, 5) is 20.6. The number of hydrogen-bond acceptors (Lipinski definition) is 3. The Labute approximate surface area is 93.2 Å². The van der Waals surface area contributed by atoms with Gasteiger partial charge < -0.3 is 9.53 Å². The van der Waals surface area contributed by atoms with Crippen LogP contribution in [0.2, 0.25) is 0 Å². The first-order valence-corrected chi connectivity index (χ1v) is 5.64. The van der Waals surface area contributed by atoms with Gasteiger partial charge in [-0.15, -0.1) is 0 Å². The first-order valence-electron chi connectivity index (χ1n) is 5.64. The number of esters is 1. The summed E-state index contributed by atoms with van der Waals surface area (Å²) in [5.74, 6) is -0.314. The van der Waals surface area contributed by atoms with Crippen LogP contribution in [0.3, 0.4) is 0 Å². The fourth-order valence-electron chi connectivity index (χ4n) is 0.880. The molecule has 0 amide bonds. The third-order valence-electron chi connectivity index (χ3n) is 1.87. The van der Waals surface area contributed by atoms with E-state index in [1.165, 1.54) is 39.7 Å². The number of ketones is 1. The van der Waals surface area contributed by atoms with Gasteiger partial charge in [-0.2, -0.15) is 0 Å². The highest BCUT2D eigenvalue weighted by atomic mass is 16.5. The molecular weight excluding hydrogens is 192 g/mol. The standard InChI is InChI=1S/C6H10O3.C6H14/c1-5(7)3-4-6(8)9-2;1-3-5-6-4-2/h3-4H2,1-2H3;3-6H2,1-2H3. The number of unbranched alkanes of at least 4 members (excludes halogenated alkanes) is 3. The van der Waals surface area contributed by atoms with Crippen molar-refractivity contribution in [3.63, 3.8) is 0 Å². The highest BCUT2D eigenvalue weighted by molar-refractivity contribution is 5.80. The molecule has 0 aliphatic heterocycles. The van der Waals surface area contributed by atoms with E-state index in [9.17, 15) is 9.59 Å². The summed E-state index contributed by atoms with van der Waals surface area (Å²) < 4.78 is 4.31. The number of ether oxygens (including phenoxy) is 1. The van der Waals surface area contributed by atoms with E-state index in [2.05, 4.69) is 18.6 Å². The smallest absolute Gasteiger partial charge is 0.305 e. The summed E-state index contributed by atoms with van der Waals surface area (Å²) in [6.45, 7) is 5.91. The van der Waals surface area contributed by atoms with E-state index in [0.717, 1.165) is 0 Å². The van der Waals surface area contributed by atoms with Gasteiger partial charge >= 0.3 is 5.97 Å². The van der Waals surface area contributed by atoms with Crippen LogP contribution >= 0.6 is 0 Å². The molecule has 0 N–H and O–H groups in total. The lowest BCUT2D eigenvalue weighted by atomic mass is 10.2. The molecule has 15 heavy (non-hydrogen) atoms. The topological polar surface area (TPSA) is 43.4 Å². The lowest BCUT2D eigenvalue weighted by Crippen LogP contribution is -2.02. The van der Waals surface area contributed by atoms with Crippen molar-refractivity contribution in [1.29, 1.82) is 0 Å². The first kappa shape index (κ1) is 16.6. The molecule has 0 rings (SSSR count). The molecule has 0 unspecified atom stereocenters. The van der Waals surface area contributed by atoms with Gasteiger partial charge in [0.05, 0.1) is 13.5 Å². The van der Waals surface area contributed by atoms with Gasteiger partial charge in [-0.05, 0) is 6.92 Å². The Hall–Kier alpha value is -0.860. The SMILES string of the molecule is CCCCCC.COC(=O)CCC(C)=O. The van der Waals surface area contributed by atoms with Crippen LogP contribution in [0.25, 0.3) is 0 Å². The van der Waals surface area contributed by atoms with Crippen molar-refractivity contribution in [2.45, 2.75) is 59.3 Å². The van der Waals surface area contributed by atoms with Gasteiger partial charge in [0.25, 0.3) is 0 Å². The second-order valence-corrected chi connectivity index (χ2v) is 3.49. The van der Waals surface area contributed by atoms with Gasteiger partial charge in [0.2, 0.25) is 0 Å². The van der Waals surface area contributed by atoms with Crippen LogP contribution in [-0.2, 0) is 14.3 Å². The lowest BCUT2D eigenvalue weighted by molar-refractivity contribution is -0.141. The molecule has 90 valence electrons. The fraction of sp³-hybridized carbons (Fsp3) is 0.833. The number of rotatable bonds is 6. The molecule has 0 aliphatic rings. The van der Waals surface area contributed by atoms with Crippen molar-refractivity contribution in [3.8, 4) is 0 Å². The van der Waals surface area contributed by atoms with Crippen LogP contribution in [0.1, 0.15) is 59.3 Å². The maximum Gasteiger partial charge on any atom is 0.305 e. The Bertz CT molecular complexity index is 160. The predicted molar refractivity (Wildman–Crippen MR) is 61.7 cm³/mol. The van der Waals surface area contributed by atoms with E-state index in [0.29, 0.717) is 0 Å². The molecule has 0 radical (unpaired) electrons. The zero-order chi connectivity index (χ0) is 12.1. The minimum atomic E-state index is -0.329. The third-order valence-corrected chi connectivity index (χ3v) is 1.87. The number of carbonyl (C=O) groups excluding carboxylic acids is 2. The maximum absolute atomic E-state index is 10.3. The molecule has 0 heterocycles. The van der Waals surface area contributed by atoms with E-state index >= 15 is 0 Å². The van der Waals surface area contributed by atoms with Gasteiger partial charge in [0, 0.05) is 6.42 Å². The monoisotopic (exact) mass is 216 g/mol. The highest BCUT2D eigenvalue weighted by Gasteiger charge is 2.00. The summed E-state index contributed by atoms with van der Waals surface area (Å²) in [6.07, 6.45) is 6.02. The van der Waals surface area contributed by atoms with Gasteiger partial charge in [0.15, 0.2) is 0 Å². The molecule has 0 saturated carbocycles. The molecule has 0 atom stereocenters. The van der Waals surface area contributed by atoms with Gasteiger partial charge in [-0.1, -0.05) is 39.5 Å². The Kier molecular flexibility index (Phi) is 14.5. The molecule has 0 bridgehead atoms. The summed E-state index contributed by atoms with van der Waals surface area (Å²) in [6, 6.07) is 0. The minimum absolute atomic E-state index is 0.0143. The Morgan fingerprint density at radius 1 is 1.00 bits per heavy atom. The Morgan fingerprint density at radius 2 is 1.47 bits per heavy atom. The van der Waals surface area contributed by atoms with Crippen molar-refractivity contribution in [2.75, 3.05) is 7.11 Å². The zero-order valence-electron chi connectivity index (χ0n) is 10.5. The second-order valence-electron chi connectivity index (χ2n) is 3.49. The highest BCUT2D eigenvalue weighted by Crippen LogP contribution is 1.95. The molecule has 0 fully saturated rings. The Balaban J connectivity index is 0. The zero-order valence-corrected chi connectivity index (χ0v) is 10.5. The number of Topliss-reactive ketones (excluding diaryl/α,β-unsaturated/α-hetero) is 1. The quantitative estimate of drug-likeness (QED) is 0.506. The molecular formula is C12H24O3.